The fourth-order valence-electron chi connectivity index (χ4n) is 3.02. The van der Waals surface area contributed by atoms with Crippen LogP contribution in [0.1, 0.15) is 39.0 Å². The van der Waals surface area contributed by atoms with Gasteiger partial charge in [0.2, 0.25) is 0 Å². The number of rotatable bonds is 3. The van der Waals surface area contributed by atoms with Crippen LogP contribution in [-0.2, 0) is 0 Å². The van der Waals surface area contributed by atoms with E-state index in [0.29, 0.717) is 5.82 Å². The third-order valence-electron chi connectivity index (χ3n) is 4.20. The molecule has 2 heterocycles. The summed E-state index contributed by atoms with van der Waals surface area (Å²) in [6.45, 7) is 2.22. The van der Waals surface area contributed by atoms with Gasteiger partial charge < -0.3 is 10.3 Å². The van der Waals surface area contributed by atoms with Crippen LogP contribution in [0.3, 0.4) is 0 Å². The van der Waals surface area contributed by atoms with E-state index in [1.54, 1.807) is 12.4 Å². The van der Waals surface area contributed by atoms with E-state index in [4.69, 9.17) is 0 Å². The smallest absolute Gasteiger partial charge is 0.320 e. The van der Waals surface area contributed by atoms with Gasteiger partial charge in [-0.25, -0.2) is 14.8 Å². The van der Waals surface area contributed by atoms with Gasteiger partial charge in [0, 0.05) is 12.2 Å². The molecule has 1 aliphatic carbocycles. The number of aromatic amines is 1. The molecule has 1 aliphatic rings. The Bertz CT molecular complexity index is 623. The molecular formula is C15H21N5O. The highest BCUT2D eigenvalue weighted by molar-refractivity contribution is 5.89. The largest absolute Gasteiger partial charge is 0.345 e. The van der Waals surface area contributed by atoms with Crippen molar-refractivity contribution in [2.24, 2.45) is 5.92 Å². The summed E-state index contributed by atoms with van der Waals surface area (Å²) in [6.07, 6.45) is 9.15. The van der Waals surface area contributed by atoms with E-state index >= 15 is 0 Å². The molecule has 1 fully saturated rings. The first-order valence-corrected chi connectivity index (χ1v) is 7.62. The maximum atomic E-state index is 12.1. The molecule has 0 saturated heterocycles. The third-order valence-corrected chi connectivity index (χ3v) is 4.20. The molecule has 6 nitrogen and oxygen atoms in total. The first-order chi connectivity index (χ1) is 10.2. The maximum Gasteiger partial charge on any atom is 0.320 e. The zero-order valence-electron chi connectivity index (χ0n) is 12.2. The predicted octanol–water partition coefficient (Wildman–Crippen LogP) is 3.05. The predicted molar refractivity (Wildman–Crippen MR) is 82.1 cm³/mol. The van der Waals surface area contributed by atoms with Gasteiger partial charge in [-0.2, -0.15) is 0 Å². The number of aromatic nitrogens is 3. The molecule has 2 unspecified atom stereocenters. The SMILES string of the molecule is CCC1CCCC(NC(=O)Nc2cnc3[nH]ccc3n2)C1. The molecule has 21 heavy (non-hydrogen) atoms. The van der Waals surface area contributed by atoms with Gasteiger partial charge in [-0.05, 0) is 24.8 Å². The molecule has 112 valence electrons. The lowest BCUT2D eigenvalue weighted by Gasteiger charge is -2.29. The van der Waals surface area contributed by atoms with Crippen LogP contribution in [0.15, 0.2) is 18.5 Å². The molecular weight excluding hydrogens is 266 g/mol. The zero-order chi connectivity index (χ0) is 14.7. The average Bonchev–Trinajstić information content (AvgIpc) is 2.95. The van der Waals surface area contributed by atoms with Crippen molar-refractivity contribution in [2.75, 3.05) is 5.32 Å². The Morgan fingerprint density at radius 3 is 3.24 bits per heavy atom. The Labute approximate surface area is 123 Å². The Hall–Kier alpha value is -2.11. The summed E-state index contributed by atoms with van der Waals surface area (Å²) in [6, 6.07) is 1.91. The van der Waals surface area contributed by atoms with Crippen molar-refractivity contribution in [3.05, 3.63) is 18.5 Å². The molecule has 0 aromatic carbocycles. The van der Waals surface area contributed by atoms with Crippen molar-refractivity contribution in [2.45, 2.75) is 45.1 Å². The van der Waals surface area contributed by atoms with Gasteiger partial charge in [0.05, 0.1) is 6.20 Å². The van der Waals surface area contributed by atoms with Gasteiger partial charge in [0.25, 0.3) is 0 Å². The van der Waals surface area contributed by atoms with Crippen LogP contribution in [0.25, 0.3) is 11.2 Å². The van der Waals surface area contributed by atoms with Crippen LogP contribution in [-0.4, -0.2) is 27.0 Å². The lowest BCUT2D eigenvalue weighted by atomic mass is 9.84. The van der Waals surface area contributed by atoms with E-state index < -0.39 is 0 Å². The van der Waals surface area contributed by atoms with E-state index in [1.807, 2.05) is 6.07 Å². The number of nitrogens with one attached hydrogen (secondary N) is 3. The van der Waals surface area contributed by atoms with Crippen LogP contribution in [0.2, 0.25) is 0 Å². The maximum absolute atomic E-state index is 12.1. The van der Waals surface area contributed by atoms with Gasteiger partial charge in [-0.1, -0.05) is 26.2 Å². The highest BCUT2D eigenvalue weighted by Crippen LogP contribution is 2.26. The number of hydrogen-bond donors (Lipinski definition) is 3. The number of carbonyl (C=O) groups is 1. The number of anilines is 1. The lowest BCUT2D eigenvalue weighted by molar-refractivity contribution is 0.235. The number of carbonyl (C=O) groups excluding carboxylic acids is 1. The second-order valence-corrected chi connectivity index (χ2v) is 5.70. The van der Waals surface area contributed by atoms with Gasteiger partial charge in [0.1, 0.15) is 5.52 Å². The van der Waals surface area contributed by atoms with Gasteiger partial charge in [-0.15, -0.1) is 0 Å². The van der Waals surface area contributed by atoms with Gasteiger partial charge in [0.15, 0.2) is 11.5 Å². The molecule has 6 heteroatoms. The Morgan fingerprint density at radius 2 is 2.38 bits per heavy atom. The summed E-state index contributed by atoms with van der Waals surface area (Å²) >= 11 is 0. The summed E-state index contributed by atoms with van der Waals surface area (Å²) in [4.78, 5) is 23.6. The van der Waals surface area contributed by atoms with Crippen LogP contribution in [0, 0.1) is 5.92 Å². The van der Waals surface area contributed by atoms with E-state index in [9.17, 15) is 4.79 Å². The minimum absolute atomic E-state index is 0.194. The fourth-order valence-corrected chi connectivity index (χ4v) is 3.02. The number of urea groups is 1. The van der Waals surface area contributed by atoms with Crippen molar-refractivity contribution in [1.82, 2.24) is 20.3 Å². The Balaban J connectivity index is 1.58. The molecule has 2 aromatic heterocycles. The summed E-state index contributed by atoms with van der Waals surface area (Å²) in [7, 11) is 0. The summed E-state index contributed by atoms with van der Waals surface area (Å²) in [5.74, 6) is 1.21. The molecule has 1 saturated carbocycles. The quantitative estimate of drug-likeness (QED) is 0.811. The van der Waals surface area contributed by atoms with Crippen LogP contribution < -0.4 is 10.6 Å². The molecule has 2 amide bonds. The standard InChI is InChI=1S/C15H21N5O/c1-2-10-4-3-5-11(8-10)18-15(21)20-13-9-17-14-12(19-13)6-7-16-14/h6-7,9-11H,2-5,8H2,1H3,(H,16,17)(H2,18,19,20,21). The van der Waals surface area contributed by atoms with Crippen LogP contribution >= 0.6 is 0 Å². The fraction of sp³-hybridized carbons (Fsp3) is 0.533. The molecule has 0 bridgehead atoms. The number of amides is 2. The monoisotopic (exact) mass is 287 g/mol. The molecule has 3 rings (SSSR count). The minimum Gasteiger partial charge on any atom is -0.345 e. The van der Waals surface area contributed by atoms with Crippen molar-refractivity contribution in [1.29, 1.82) is 0 Å². The first-order valence-electron chi connectivity index (χ1n) is 7.62. The number of nitrogens with zero attached hydrogens (tertiary/aromatic N) is 2. The second-order valence-electron chi connectivity index (χ2n) is 5.70. The van der Waals surface area contributed by atoms with E-state index in [0.717, 1.165) is 29.9 Å². The number of fused-ring (bicyclic) bond motifs is 1. The molecule has 2 atom stereocenters. The minimum atomic E-state index is -0.194. The van der Waals surface area contributed by atoms with Gasteiger partial charge in [-0.3, -0.25) is 5.32 Å². The lowest BCUT2D eigenvalue weighted by Crippen LogP contribution is -2.40. The first kappa shape index (κ1) is 13.9. The normalized spacial score (nSPS) is 22.1. The van der Waals surface area contributed by atoms with Crippen molar-refractivity contribution in [3.63, 3.8) is 0 Å². The average molecular weight is 287 g/mol. The molecule has 3 N–H and O–H groups in total. The molecule has 2 aromatic rings. The van der Waals surface area contributed by atoms with E-state index in [1.165, 1.54) is 19.3 Å². The summed E-state index contributed by atoms with van der Waals surface area (Å²) in [5, 5.41) is 5.81. The van der Waals surface area contributed by atoms with Crippen LogP contribution in [0.4, 0.5) is 10.6 Å². The highest BCUT2D eigenvalue weighted by Gasteiger charge is 2.22. The molecule has 0 radical (unpaired) electrons. The Morgan fingerprint density at radius 1 is 1.48 bits per heavy atom. The van der Waals surface area contributed by atoms with E-state index in [-0.39, 0.29) is 12.1 Å². The van der Waals surface area contributed by atoms with Crippen molar-refractivity contribution >= 4 is 23.0 Å². The van der Waals surface area contributed by atoms with Crippen molar-refractivity contribution < 1.29 is 4.79 Å². The topological polar surface area (TPSA) is 82.7 Å². The number of hydrogen-bond acceptors (Lipinski definition) is 3. The zero-order valence-corrected chi connectivity index (χ0v) is 12.2. The number of H-pyrrole nitrogens is 1. The van der Waals surface area contributed by atoms with Crippen molar-refractivity contribution in [3.8, 4) is 0 Å². The summed E-state index contributed by atoms with van der Waals surface area (Å²) < 4.78 is 0. The third kappa shape index (κ3) is 3.32. The molecule has 0 spiro atoms. The van der Waals surface area contributed by atoms with Crippen LogP contribution in [0.5, 0.6) is 0 Å². The van der Waals surface area contributed by atoms with E-state index in [2.05, 4.69) is 32.5 Å². The highest BCUT2D eigenvalue weighted by atomic mass is 16.2. The Kier molecular flexibility index (Phi) is 4.03. The second kappa shape index (κ2) is 6.11. The molecule has 0 aliphatic heterocycles. The van der Waals surface area contributed by atoms with Gasteiger partial charge >= 0.3 is 6.03 Å². The summed E-state index contributed by atoms with van der Waals surface area (Å²) in [5.41, 5.74) is 1.47.